The lowest BCUT2D eigenvalue weighted by Gasteiger charge is -2.14. The van der Waals surface area contributed by atoms with E-state index >= 15 is 0 Å². The molecule has 2 rings (SSSR count). The van der Waals surface area contributed by atoms with Gasteiger partial charge in [-0.25, -0.2) is 0 Å². The predicted molar refractivity (Wildman–Crippen MR) is 76.6 cm³/mol. The maximum atomic E-state index is 6.28. The van der Waals surface area contributed by atoms with E-state index in [9.17, 15) is 0 Å². The van der Waals surface area contributed by atoms with Crippen molar-refractivity contribution in [1.29, 1.82) is 0 Å². The zero-order chi connectivity index (χ0) is 13.7. The van der Waals surface area contributed by atoms with Crippen LogP contribution in [0, 0.1) is 0 Å². The van der Waals surface area contributed by atoms with Crippen molar-refractivity contribution in [3.63, 3.8) is 0 Å². The van der Waals surface area contributed by atoms with Gasteiger partial charge in [-0.2, -0.15) is 0 Å². The minimum atomic E-state index is -0.161. The number of rotatable bonds is 5. The number of nitrogens with two attached hydrogens (primary N) is 1. The fourth-order valence-corrected chi connectivity index (χ4v) is 1.97. The van der Waals surface area contributed by atoms with Crippen molar-refractivity contribution < 1.29 is 9.47 Å². The van der Waals surface area contributed by atoms with Gasteiger partial charge in [-0.3, -0.25) is 0 Å². The average Bonchev–Trinajstić information content (AvgIpc) is 2.47. The van der Waals surface area contributed by atoms with Crippen molar-refractivity contribution in [2.24, 2.45) is 5.73 Å². The molecule has 2 aromatic rings. The summed E-state index contributed by atoms with van der Waals surface area (Å²) < 4.78 is 10.6. The van der Waals surface area contributed by atoms with Crippen LogP contribution < -0.4 is 15.2 Å². The number of methoxy groups -OCH3 is 1. The summed E-state index contributed by atoms with van der Waals surface area (Å²) in [6.45, 7) is 2.62. The molecule has 0 fully saturated rings. The van der Waals surface area contributed by atoms with Crippen LogP contribution in [0.1, 0.15) is 24.1 Å². The van der Waals surface area contributed by atoms with Gasteiger partial charge in [0, 0.05) is 0 Å². The number of hydrogen-bond acceptors (Lipinski definition) is 3. The van der Waals surface area contributed by atoms with Gasteiger partial charge in [0.05, 0.1) is 19.8 Å². The van der Waals surface area contributed by atoms with Crippen LogP contribution in [0.2, 0.25) is 0 Å². The lowest BCUT2D eigenvalue weighted by Crippen LogP contribution is -2.11. The van der Waals surface area contributed by atoms with Crippen molar-refractivity contribution in [1.82, 2.24) is 0 Å². The standard InChI is InChI=1S/C16H19NO2/c1-3-19-15-6-4-5-13(11-15)16(17)12-7-9-14(18-2)10-8-12/h4-11,16H,3,17H2,1-2H3. The molecule has 0 radical (unpaired) electrons. The fourth-order valence-electron chi connectivity index (χ4n) is 1.97. The molecule has 1 atom stereocenters. The molecule has 100 valence electrons. The van der Waals surface area contributed by atoms with E-state index in [1.54, 1.807) is 7.11 Å². The lowest BCUT2D eigenvalue weighted by molar-refractivity contribution is 0.340. The molecule has 0 bridgehead atoms. The fraction of sp³-hybridized carbons (Fsp3) is 0.250. The summed E-state index contributed by atoms with van der Waals surface area (Å²) in [5, 5.41) is 0. The van der Waals surface area contributed by atoms with Crippen molar-refractivity contribution in [2.75, 3.05) is 13.7 Å². The highest BCUT2D eigenvalue weighted by atomic mass is 16.5. The molecule has 0 amide bonds. The van der Waals surface area contributed by atoms with Crippen LogP contribution in [0.3, 0.4) is 0 Å². The van der Waals surface area contributed by atoms with Crippen LogP contribution in [0.4, 0.5) is 0 Å². The zero-order valence-electron chi connectivity index (χ0n) is 11.3. The Labute approximate surface area is 114 Å². The van der Waals surface area contributed by atoms with Gasteiger partial charge >= 0.3 is 0 Å². The van der Waals surface area contributed by atoms with E-state index in [1.807, 2.05) is 55.5 Å². The quantitative estimate of drug-likeness (QED) is 0.895. The van der Waals surface area contributed by atoms with Gasteiger partial charge in [0.25, 0.3) is 0 Å². The van der Waals surface area contributed by atoms with Crippen LogP contribution in [-0.2, 0) is 0 Å². The van der Waals surface area contributed by atoms with Gasteiger partial charge in [-0.15, -0.1) is 0 Å². The molecule has 19 heavy (non-hydrogen) atoms. The third-order valence-electron chi connectivity index (χ3n) is 3.00. The first kappa shape index (κ1) is 13.4. The van der Waals surface area contributed by atoms with Gasteiger partial charge < -0.3 is 15.2 Å². The molecule has 0 aromatic heterocycles. The van der Waals surface area contributed by atoms with E-state index in [-0.39, 0.29) is 6.04 Å². The molecule has 1 unspecified atom stereocenters. The smallest absolute Gasteiger partial charge is 0.119 e. The number of ether oxygens (including phenoxy) is 2. The van der Waals surface area contributed by atoms with Gasteiger partial charge in [-0.1, -0.05) is 24.3 Å². The normalized spacial score (nSPS) is 11.9. The highest BCUT2D eigenvalue weighted by molar-refractivity contribution is 5.38. The lowest BCUT2D eigenvalue weighted by atomic mass is 9.99. The van der Waals surface area contributed by atoms with E-state index in [2.05, 4.69) is 0 Å². The van der Waals surface area contributed by atoms with E-state index in [0.717, 1.165) is 22.6 Å². The Balaban J connectivity index is 2.22. The summed E-state index contributed by atoms with van der Waals surface area (Å²) in [5.74, 6) is 1.68. The molecular weight excluding hydrogens is 238 g/mol. The van der Waals surface area contributed by atoms with Crippen molar-refractivity contribution in [3.05, 3.63) is 59.7 Å². The topological polar surface area (TPSA) is 44.5 Å². The minimum Gasteiger partial charge on any atom is -0.497 e. The Morgan fingerprint density at radius 1 is 1.00 bits per heavy atom. The Bertz CT molecular complexity index is 523. The molecule has 2 aromatic carbocycles. The van der Waals surface area contributed by atoms with Crippen molar-refractivity contribution >= 4 is 0 Å². The molecule has 0 spiro atoms. The Morgan fingerprint density at radius 2 is 1.74 bits per heavy atom. The highest BCUT2D eigenvalue weighted by Crippen LogP contribution is 2.24. The van der Waals surface area contributed by atoms with E-state index in [1.165, 1.54) is 0 Å². The molecule has 0 heterocycles. The van der Waals surface area contributed by atoms with Crippen LogP contribution in [0.25, 0.3) is 0 Å². The Morgan fingerprint density at radius 3 is 2.37 bits per heavy atom. The average molecular weight is 257 g/mol. The first-order chi connectivity index (χ1) is 9.24. The summed E-state index contributed by atoms with van der Waals surface area (Å²) in [7, 11) is 1.65. The SMILES string of the molecule is CCOc1cccc(C(N)c2ccc(OC)cc2)c1. The molecule has 0 saturated carbocycles. The first-order valence-corrected chi connectivity index (χ1v) is 6.37. The second-order valence-corrected chi connectivity index (χ2v) is 4.26. The largest absolute Gasteiger partial charge is 0.497 e. The molecule has 0 aliphatic heterocycles. The molecule has 0 aliphatic carbocycles. The predicted octanol–water partition coefficient (Wildman–Crippen LogP) is 3.14. The van der Waals surface area contributed by atoms with Crippen LogP contribution in [0.5, 0.6) is 11.5 Å². The Hall–Kier alpha value is -2.00. The zero-order valence-corrected chi connectivity index (χ0v) is 11.3. The molecule has 0 saturated heterocycles. The van der Waals surface area contributed by atoms with Crippen LogP contribution in [0.15, 0.2) is 48.5 Å². The Kier molecular flexibility index (Phi) is 4.42. The van der Waals surface area contributed by atoms with E-state index in [0.29, 0.717) is 6.61 Å². The van der Waals surface area contributed by atoms with E-state index in [4.69, 9.17) is 15.2 Å². The van der Waals surface area contributed by atoms with Crippen molar-refractivity contribution in [3.8, 4) is 11.5 Å². The molecule has 3 nitrogen and oxygen atoms in total. The van der Waals surface area contributed by atoms with Gasteiger partial charge in [0.2, 0.25) is 0 Å². The van der Waals surface area contributed by atoms with Gasteiger partial charge in [0.15, 0.2) is 0 Å². The molecule has 2 N–H and O–H groups in total. The summed E-state index contributed by atoms with van der Waals surface area (Å²) in [4.78, 5) is 0. The van der Waals surface area contributed by atoms with Gasteiger partial charge in [0.1, 0.15) is 11.5 Å². The molecule has 3 heteroatoms. The van der Waals surface area contributed by atoms with Crippen LogP contribution >= 0.6 is 0 Å². The third kappa shape index (κ3) is 3.26. The summed E-state index contributed by atoms with van der Waals surface area (Å²) in [6, 6.07) is 15.5. The molecule has 0 aliphatic rings. The highest BCUT2D eigenvalue weighted by Gasteiger charge is 2.09. The second-order valence-electron chi connectivity index (χ2n) is 4.26. The number of benzene rings is 2. The number of hydrogen-bond donors (Lipinski definition) is 1. The summed E-state index contributed by atoms with van der Waals surface area (Å²) in [5.41, 5.74) is 8.36. The second kappa shape index (κ2) is 6.25. The summed E-state index contributed by atoms with van der Waals surface area (Å²) in [6.07, 6.45) is 0. The summed E-state index contributed by atoms with van der Waals surface area (Å²) >= 11 is 0. The van der Waals surface area contributed by atoms with Gasteiger partial charge in [-0.05, 0) is 42.3 Å². The minimum absolute atomic E-state index is 0.161. The monoisotopic (exact) mass is 257 g/mol. The maximum Gasteiger partial charge on any atom is 0.119 e. The molecular formula is C16H19NO2. The van der Waals surface area contributed by atoms with E-state index < -0.39 is 0 Å². The maximum absolute atomic E-state index is 6.28. The van der Waals surface area contributed by atoms with Crippen molar-refractivity contribution in [2.45, 2.75) is 13.0 Å². The first-order valence-electron chi connectivity index (χ1n) is 6.37. The van der Waals surface area contributed by atoms with Crippen LogP contribution in [-0.4, -0.2) is 13.7 Å². The third-order valence-corrected chi connectivity index (χ3v) is 3.00.